The van der Waals surface area contributed by atoms with Gasteiger partial charge in [0.1, 0.15) is 6.33 Å². The van der Waals surface area contributed by atoms with E-state index in [-0.39, 0.29) is 6.04 Å². The third-order valence-corrected chi connectivity index (χ3v) is 3.60. The Morgan fingerprint density at radius 1 is 1.18 bits per heavy atom. The molecule has 0 aliphatic rings. The van der Waals surface area contributed by atoms with Gasteiger partial charge in [-0.25, -0.2) is 9.97 Å². The van der Waals surface area contributed by atoms with Gasteiger partial charge in [0.15, 0.2) is 0 Å². The molecule has 17 heavy (non-hydrogen) atoms. The highest BCUT2D eigenvalue weighted by molar-refractivity contribution is 7.99. The molecule has 0 saturated heterocycles. The fourth-order valence-corrected chi connectivity index (χ4v) is 2.60. The van der Waals surface area contributed by atoms with Crippen LogP contribution in [-0.2, 0) is 0 Å². The Kier molecular flexibility index (Phi) is 4.53. The first kappa shape index (κ1) is 12.1. The maximum Gasteiger partial charge on any atom is 0.115 e. The van der Waals surface area contributed by atoms with Crippen LogP contribution in [0.4, 0.5) is 0 Å². The van der Waals surface area contributed by atoms with Crippen LogP contribution in [0.2, 0.25) is 0 Å². The fourth-order valence-electron chi connectivity index (χ4n) is 1.53. The highest BCUT2D eigenvalue weighted by Crippen LogP contribution is 2.23. The van der Waals surface area contributed by atoms with Gasteiger partial charge in [-0.1, -0.05) is 18.2 Å². The Balaban J connectivity index is 1.97. The van der Waals surface area contributed by atoms with Crippen molar-refractivity contribution in [1.29, 1.82) is 0 Å². The van der Waals surface area contributed by atoms with Crippen LogP contribution >= 0.6 is 11.8 Å². The number of nitrogens with one attached hydrogen (secondary N) is 1. The summed E-state index contributed by atoms with van der Waals surface area (Å²) in [7, 11) is 1.96. The van der Waals surface area contributed by atoms with Gasteiger partial charge in [0, 0.05) is 34.6 Å². The van der Waals surface area contributed by atoms with Crippen molar-refractivity contribution in [2.75, 3.05) is 12.8 Å². The molecule has 0 saturated carbocycles. The van der Waals surface area contributed by atoms with E-state index in [0.717, 1.165) is 11.3 Å². The Labute approximate surface area is 106 Å². The summed E-state index contributed by atoms with van der Waals surface area (Å²) in [5, 5.41) is 3.29. The molecule has 0 aliphatic heterocycles. The molecular formula is C13H15N3S. The normalized spacial score (nSPS) is 12.3. The summed E-state index contributed by atoms with van der Waals surface area (Å²) in [6.45, 7) is 0. The molecule has 0 amide bonds. The van der Waals surface area contributed by atoms with E-state index >= 15 is 0 Å². The monoisotopic (exact) mass is 245 g/mol. The quantitative estimate of drug-likeness (QED) is 0.821. The number of rotatable bonds is 5. The van der Waals surface area contributed by atoms with Crippen LogP contribution in [0.1, 0.15) is 11.6 Å². The van der Waals surface area contributed by atoms with Crippen molar-refractivity contribution >= 4 is 11.8 Å². The lowest BCUT2D eigenvalue weighted by atomic mass is 10.2. The van der Waals surface area contributed by atoms with E-state index in [4.69, 9.17) is 0 Å². The average molecular weight is 245 g/mol. The lowest BCUT2D eigenvalue weighted by molar-refractivity contribution is 0.655. The van der Waals surface area contributed by atoms with Crippen LogP contribution in [-0.4, -0.2) is 22.8 Å². The molecule has 1 unspecified atom stereocenters. The molecule has 2 rings (SSSR count). The predicted molar refractivity (Wildman–Crippen MR) is 71.0 cm³/mol. The van der Waals surface area contributed by atoms with Crippen LogP contribution in [0.3, 0.4) is 0 Å². The lowest BCUT2D eigenvalue weighted by Gasteiger charge is -2.15. The molecular weight excluding hydrogens is 230 g/mol. The van der Waals surface area contributed by atoms with Crippen molar-refractivity contribution in [1.82, 2.24) is 15.3 Å². The van der Waals surface area contributed by atoms with E-state index in [1.807, 2.05) is 37.3 Å². The molecule has 2 aromatic rings. The molecule has 1 aromatic heterocycles. The van der Waals surface area contributed by atoms with E-state index in [1.54, 1.807) is 6.33 Å². The van der Waals surface area contributed by atoms with Crippen molar-refractivity contribution in [2.45, 2.75) is 10.9 Å². The lowest BCUT2D eigenvalue weighted by Crippen LogP contribution is -2.19. The number of hydrogen-bond acceptors (Lipinski definition) is 4. The van der Waals surface area contributed by atoms with E-state index < -0.39 is 0 Å². The average Bonchev–Trinajstić information content (AvgIpc) is 2.42. The highest BCUT2D eigenvalue weighted by Gasteiger charge is 2.09. The van der Waals surface area contributed by atoms with Crippen LogP contribution in [0.25, 0.3) is 0 Å². The Morgan fingerprint density at radius 2 is 1.88 bits per heavy atom. The maximum atomic E-state index is 4.05. The molecule has 0 spiro atoms. The first-order valence-corrected chi connectivity index (χ1v) is 6.48. The van der Waals surface area contributed by atoms with Gasteiger partial charge in [-0.05, 0) is 19.2 Å². The minimum Gasteiger partial charge on any atom is -0.312 e. The minimum absolute atomic E-state index is 0.279. The smallest absolute Gasteiger partial charge is 0.115 e. The number of benzene rings is 1. The maximum absolute atomic E-state index is 4.05. The SMILES string of the molecule is CNC(CSc1ccccc1)c1cncnc1. The van der Waals surface area contributed by atoms with E-state index in [9.17, 15) is 0 Å². The molecule has 0 aliphatic carbocycles. The molecule has 0 radical (unpaired) electrons. The topological polar surface area (TPSA) is 37.8 Å². The number of thioether (sulfide) groups is 1. The molecule has 1 aromatic carbocycles. The largest absolute Gasteiger partial charge is 0.312 e. The second-order valence-corrected chi connectivity index (χ2v) is 4.73. The first-order valence-electron chi connectivity index (χ1n) is 5.50. The summed E-state index contributed by atoms with van der Waals surface area (Å²) in [5.74, 6) is 0.966. The zero-order chi connectivity index (χ0) is 11.9. The second-order valence-electron chi connectivity index (χ2n) is 3.64. The number of hydrogen-bond donors (Lipinski definition) is 1. The number of aromatic nitrogens is 2. The van der Waals surface area contributed by atoms with Crippen LogP contribution in [0.5, 0.6) is 0 Å². The highest BCUT2D eigenvalue weighted by atomic mass is 32.2. The van der Waals surface area contributed by atoms with Gasteiger partial charge < -0.3 is 5.32 Å². The minimum atomic E-state index is 0.279. The summed E-state index contributed by atoms with van der Waals surface area (Å²) in [5.41, 5.74) is 1.12. The van der Waals surface area contributed by atoms with Crippen molar-refractivity contribution in [3.8, 4) is 0 Å². The van der Waals surface area contributed by atoms with Crippen molar-refractivity contribution in [3.05, 3.63) is 54.6 Å². The summed E-state index contributed by atoms with van der Waals surface area (Å²) in [6, 6.07) is 10.7. The molecule has 0 bridgehead atoms. The van der Waals surface area contributed by atoms with Gasteiger partial charge in [-0.2, -0.15) is 0 Å². The molecule has 4 heteroatoms. The molecule has 1 heterocycles. The zero-order valence-corrected chi connectivity index (χ0v) is 10.5. The van der Waals surface area contributed by atoms with Crippen LogP contribution in [0.15, 0.2) is 53.9 Å². The van der Waals surface area contributed by atoms with Crippen LogP contribution < -0.4 is 5.32 Å². The van der Waals surface area contributed by atoms with Gasteiger partial charge in [-0.15, -0.1) is 11.8 Å². The Morgan fingerprint density at radius 3 is 2.53 bits per heavy atom. The van der Waals surface area contributed by atoms with Crippen LogP contribution in [0, 0.1) is 0 Å². The standard InChI is InChI=1S/C13H15N3S/c1-14-13(11-7-15-10-16-8-11)9-17-12-5-3-2-4-6-12/h2-8,10,13-14H,9H2,1H3. The predicted octanol–water partition coefficient (Wildman–Crippen LogP) is 2.53. The summed E-state index contributed by atoms with van der Waals surface area (Å²) >= 11 is 1.83. The third-order valence-electron chi connectivity index (χ3n) is 2.49. The zero-order valence-electron chi connectivity index (χ0n) is 9.71. The van der Waals surface area contributed by atoms with Gasteiger partial charge in [0.25, 0.3) is 0 Å². The summed E-state index contributed by atoms with van der Waals surface area (Å²) in [6.07, 6.45) is 5.28. The van der Waals surface area contributed by atoms with Gasteiger partial charge in [0.05, 0.1) is 0 Å². The molecule has 3 nitrogen and oxygen atoms in total. The summed E-state index contributed by atoms with van der Waals surface area (Å²) in [4.78, 5) is 9.38. The number of nitrogens with zero attached hydrogens (tertiary/aromatic N) is 2. The second kappa shape index (κ2) is 6.37. The Hall–Kier alpha value is -1.39. The first-order chi connectivity index (χ1) is 8.40. The van der Waals surface area contributed by atoms with Gasteiger partial charge in [-0.3, -0.25) is 0 Å². The summed E-state index contributed by atoms with van der Waals surface area (Å²) < 4.78 is 0. The van der Waals surface area contributed by atoms with Crippen molar-refractivity contribution in [2.24, 2.45) is 0 Å². The molecule has 0 fully saturated rings. The van der Waals surface area contributed by atoms with Crippen molar-refractivity contribution in [3.63, 3.8) is 0 Å². The van der Waals surface area contributed by atoms with E-state index in [0.29, 0.717) is 0 Å². The van der Waals surface area contributed by atoms with Crippen molar-refractivity contribution < 1.29 is 0 Å². The van der Waals surface area contributed by atoms with Gasteiger partial charge >= 0.3 is 0 Å². The fraction of sp³-hybridized carbons (Fsp3) is 0.231. The molecule has 88 valence electrons. The molecule has 1 N–H and O–H groups in total. The molecule has 1 atom stereocenters. The van der Waals surface area contributed by atoms with E-state index in [2.05, 4.69) is 39.6 Å². The third kappa shape index (κ3) is 3.54. The van der Waals surface area contributed by atoms with E-state index in [1.165, 1.54) is 4.90 Å². The Bertz CT molecular complexity index is 433. The van der Waals surface area contributed by atoms with Gasteiger partial charge in [0.2, 0.25) is 0 Å².